The second kappa shape index (κ2) is 8.56. The van der Waals surface area contributed by atoms with Gasteiger partial charge in [0.1, 0.15) is 0 Å². The molecule has 150 valence electrons. The van der Waals surface area contributed by atoms with Crippen molar-refractivity contribution in [1.29, 1.82) is 0 Å². The maximum Gasteiger partial charge on any atom is 0.160 e. The van der Waals surface area contributed by atoms with E-state index < -0.39 is 0 Å². The maximum absolute atomic E-state index is 12.2. The molecule has 30 heavy (non-hydrogen) atoms. The second-order valence-electron chi connectivity index (χ2n) is 7.56. The van der Waals surface area contributed by atoms with E-state index in [0.29, 0.717) is 5.56 Å². The Hall–Kier alpha value is -3.37. The molecule has 4 nitrogen and oxygen atoms in total. The normalized spacial score (nSPS) is 11.0. The molecular formula is C26H24N2O2. The molecule has 2 aromatic carbocycles. The van der Waals surface area contributed by atoms with Gasteiger partial charge in [-0.2, -0.15) is 0 Å². The number of hydrogen-bond donors (Lipinski definition) is 1. The van der Waals surface area contributed by atoms with E-state index in [9.17, 15) is 4.79 Å². The molecule has 2 aromatic heterocycles. The molecule has 0 aliphatic carbocycles. The summed E-state index contributed by atoms with van der Waals surface area (Å²) in [5, 5.41) is 9.78. The Balaban J connectivity index is 1.71. The fourth-order valence-corrected chi connectivity index (χ4v) is 3.79. The summed E-state index contributed by atoms with van der Waals surface area (Å²) in [6, 6.07) is 18.5. The van der Waals surface area contributed by atoms with E-state index in [4.69, 9.17) is 10.1 Å². The number of nitrogens with zero attached hydrogens (tertiary/aromatic N) is 2. The minimum absolute atomic E-state index is 0.00581. The molecular weight excluding hydrogens is 372 g/mol. The van der Waals surface area contributed by atoms with Gasteiger partial charge in [0, 0.05) is 35.5 Å². The first-order valence-corrected chi connectivity index (χ1v) is 10.1. The first kappa shape index (κ1) is 19.9. The zero-order valence-electron chi connectivity index (χ0n) is 17.2. The molecule has 1 N–H and O–H groups in total. The molecule has 0 saturated heterocycles. The fraction of sp³-hybridized carbons (Fsp3) is 0.192. The third-order valence-corrected chi connectivity index (χ3v) is 5.40. The van der Waals surface area contributed by atoms with E-state index in [1.165, 1.54) is 11.1 Å². The molecule has 0 fully saturated rings. The van der Waals surface area contributed by atoms with E-state index in [1.54, 1.807) is 19.3 Å². The number of carbonyl (C=O) groups excluding carboxylic acids is 1. The topological polar surface area (TPSA) is 63.1 Å². The molecule has 0 bridgehead atoms. The van der Waals surface area contributed by atoms with Crippen molar-refractivity contribution in [2.45, 2.75) is 26.7 Å². The molecule has 4 heteroatoms. The van der Waals surface area contributed by atoms with Gasteiger partial charge in [-0.3, -0.25) is 9.78 Å². The standard InChI is InChI=1S/C26H24N2O2/c1-17-14-21(9-10-22(17)20-7-5-19(6-8-20)4-3-13-29)26-15-23(18(2)30)24-16-27-12-11-25(24)28-26/h5-12,14-16,29H,3-4,13H2,1-2H3. The minimum Gasteiger partial charge on any atom is -0.396 e. The van der Waals surface area contributed by atoms with Crippen molar-refractivity contribution in [3.63, 3.8) is 0 Å². The van der Waals surface area contributed by atoms with Crippen molar-refractivity contribution in [2.75, 3.05) is 6.61 Å². The largest absolute Gasteiger partial charge is 0.396 e. The van der Waals surface area contributed by atoms with Crippen LogP contribution in [0.1, 0.15) is 34.8 Å². The highest BCUT2D eigenvalue weighted by atomic mass is 16.2. The fourth-order valence-electron chi connectivity index (χ4n) is 3.79. The van der Waals surface area contributed by atoms with E-state index in [2.05, 4.69) is 54.4 Å². The van der Waals surface area contributed by atoms with Gasteiger partial charge in [-0.15, -0.1) is 0 Å². The lowest BCUT2D eigenvalue weighted by molar-refractivity contribution is 0.101. The number of aliphatic hydroxyl groups is 1. The third-order valence-electron chi connectivity index (χ3n) is 5.40. The molecule has 0 amide bonds. The number of fused-ring (bicyclic) bond motifs is 1. The predicted octanol–water partition coefficient (Wildman–Crippen LogP) is 5.40. The van der Waals surface area contributed by atoms with Crippen molar-refractivity contribution >= 4 is 16.7 Å². The quantitative estimate of drug-likeness (QED) is 0.443. The number of benzene rings is 2. The highest BCUT2D eigenvalue weighted by Gasteiger charge is 2.12. The number of aliphatic hydroxyl groups excluding tert-OH is 1. The first-order chi connectivity index (χ1) is 14.6. The van der Waals surface area contributed by atoms with Crippen LogP contribution in [-0.4, -0.2) is 27.5 Å². The minimum atomic E-state index is 0.00581. The average Bonchev–Trinajstić information content (AvgIpc) is 2.77. The van der Waals surface area contributed by atoms with Crippen LogP contribution in [0, 0.1) is 6.92 Å². The summed E-state index contributed by atoms with van der Waals surface area (Å²) >= 11 is 0. The van der Waals surface area contributed by atoms with Gasteiger partial charge in [0.2, 0.25) is 0 Å². The second-order valence-corrected chi connectivity index (χ2v) is 7.56. The van der Waals surface area contributed by atoms with Gasteiger partial charge < -0.3 is 5.11 Å². The number of rotatable bonds is 6. The lowest BCUT2D eigenvalue weighted by Crippen LogP contribution is -1.98. The van der Waals surface area contributed by atoms with Crippen LogP contribution >= 0.6 is 0 Å². The van der Waals surface area contributed by atoms with Gasteiger partial charge >= 0.3 is 0 Å². The van der Waals surface area contributed by atoms with Crippen LogP contribution in [0.4, 0.5) is 0 Å². The maximum atomic E-state index is 12.2. The Kier molecular flexibility index (Phi) is 5.68. The summed E-state index contributed by atoms with van der Waals surface area (Å²) in [6.45, 7) is 3.88. The highest BCUT2D eigenvalue weighted by molar-refractivity contribution is 6.06. The summed E-state index contributed by atoms with van der Waals surface area (Å²) in [4.78, 5) is 21.1. The van der Waals surface area contributed by atoms with E-state index in [0.717, 1.165) is 46.1 Å². The zero-order valence-corrected chi connectivity index (χ0v) is 17.2. The molecule has 0 radical (unpaired) electrons. The summed E-state index contributed by atoms with van der Waals surface area (Å²) in [7, 11) is 0. The molecule has 0 aliphatic rings. The van der Waals surface area contributed by atoms with Crippen molar-refractivity contribution < 1.29 is 9.90 Å². The van der Waals surface area contributed by atoms with Crippen LogP contribution in [0.3, 0.4) is 0 Å². The number of aromatic nitrogens is 2. The highest BCUT2D eigenvalue weighted by Crippen LogP contribution is 2.30. The Morgan fingerprint density at radius 2 is 1.77 bits per heavy atom. The van der Waals surface area contributed by atoms with Crippen molar-refractivity contribution in [1.82, 2.24) is 9.97 Å². The van der Waals surface area contributed by atoms with Crippen molar-refractivity contribution in [3.05, 3.63) is 83.7 Å². The first-order valence-electron chi connectivity index (χ1n) is 10.1. The summed E-state index contributed by atoms with van der Waals surface area (Å²) in [6.07, 6.45) is 5.06. The monoisotopic (exact) mass is 396 g/mol. The number of carbonyl (C=O) groups is 1. The van der Waals surface area contributed by atoms with E-state index in [-0.39, 0.29) is 12.4 Å². The lowest BCUT2D eigenvalue weighted by Gasteiger charge is -2.11. The molecule has 0 atom stereocenters. The molecule has 2 heterocycles. The molecule has 0 aliphatic heterocycles. The molecule has 0 unspecified atom stereocenters. The van der Waals surface area contributed by atoms with Crippen molar-refractivity contribution in [3.8, 4) is 22.4 Å². The van der Waals surface area contributed by atoms with Crippen LogP contribution in [0.25, 0.3) is 33.3 Å². The predicted molar refractivity (Wildman–Crippen MR) is 121 cm³/mol. The average molecular weight is 396 g/mol. The van der Waals surface area contributed by atoms with E-state index >= 15 is 0 Å². The van der Waals surface area contributed by atoms with Crippen LogP contribution in [0.5, 0.6) is 0 Å². The molecule has 4 aromatic rings. The summed E-state index contributed by atoms with van der Waals surface area (Å²) < 4.78 is 0. The number of Topliss-reactive ketones (excluding diaryl/α,β-unsaturated/α-hetero) is 1. The molecule has 0 saturated carbocycles. The number of pyridine rings is 2. The zero-order chi connectivity index (χ0) is 21.1. The number of aryl methyl sites for hydroxylation is 2. The SMILES string of the molecule is CC(=O)c1cc(-c2ccc(-c3ccc(CCCO)cc3)c(C)c2)nc2ccncc12. The molecule has 4 rings (SSSR count). The summed E-state index contributed by atoms with van der Waals surface area (Å²) in [5.74, 6) is 0.00581. The van der Waals surface area contributed by atoms with Gasteiger partial charge in [0.15, 0.2) is 5.78 Å². The smallest absolute Gasteiger partial charge is 0.160 e. The van der Waals surface area contributed by atoms with Gasteiger partial charge in [-0.25, -0.2) is 4.98 Å². The summed E-state index contributed by atoms with van der Waals surface area (Å²) in [5.41, 5.74) is 7.89. The van der Waals surface area contributed by atoms with Gasteiger partial charge in [0.05, 0.1) is 11.2 Å². The van der Waals surface area contributed by atoms with Gasteiger partial charge in [-0.1, -0.05) is 36.4 Å². The van der Waals surface area contributed by atoms with Gasteiger partial charge in [-0.05, 0) is 67.1 Å². The van der Waals surface area contributed by atoms with Crippen LogP contribution in [-0.2, 0) is 6.42 Å². The Morgan fingerprint density at radius 3 is 2.47 bits per heavy atom. The van der Waals surface area contributed by atoms with Gasteiger partial charge in [0.25, 0.3) is 0 Å². The van der Waals surface area contributed by atoms with Crippen LogP contribution in [0.2, 0.25) is 0 Å². The number of ketones is 1. The van der Waals surface area contributed by atoms with E-state index in [1.807, 2.05) is 12.1 Å². The Labute approximate surface area is 176 Å². The Bertz CT molecular complexity index is 1210. The van der Waals surface area contributed by atoms with Crippen molar-refractivity contribution in [2.24, 2.45) is 0 Å². The lowest BCUT2D eigenvalue weighted by atomic mass is 9.95. The third kappa shape index (κ3) is 4.00. The number of hydrogen-bond acceptors (Lipinski definition) is 4. The molecule has 0 spiro atoms. The van der Waals surface area contributed by atoms with Crippen LogP contribution in [0.15, 0.2) is 67.0 Å². The Morgan fingerprint density at radius 1 is 1.00 bits per heavy atom. The van der Waals surface area contributed by atoms with Crippen LogP contribution < -0.4 is 0 Å².